The fourth-order valence-corrected chi connectivity index (χ4v) is 7.73. The summed E-state index contributed by atoms with van der Waals surface area (Å²) in [7, 11) is 1.45. The molecule has 60 heavy (non-hydrogen) atoms. The predicted octanol–water partition coefficient (Wildman–Crippen LogP) is 3.34. The van der Waals surface area contributed by atoms with Gasteiger partial charge in [0.15, 0.2) is 11.6 Å². The number of hydrogen-bond donors (Lipinski definition) is 4. The van der Waals surface area contributed by atoms with Crippen molar-refractivity contribution in [1.29, 1.82) is 0 Å². The third kappa shape index (κ3) is 12.9. The Morgan fingerprint density at radius 1 is 0.883 bits per heavy atom. The molecule has 15 nitrogen and oxygen atoms in total. The number of nitrogens with one attached hydrogen (secondary N) is 3. The van der Waals surface area contributed by atoms with Crippen molar-refractivity contribution in [2.75, 3.05) is 7.05 Å². The number of nitrogens with zero attached hydrogens (tertiary/aromatic N) is 2. The van der Waals surface area contributed by atoms with Crippen LogP contribution < -0.4 is 16.0 Å². The lowest BCUT2D eigenvalue weighted by Gasteiger charge is -2.43. The van der Waals surface area contributed by atoms with Crippen LogP contribution in [0.3, 0.4) is 0 Å². The molecule has 2 aliphatic heterocycles. The average molecular weight is 840 g/mol. The number of esters is 1. The number of Topliss-reactive ketones (excluding diaryl/α,β-unsaturated/α-hetero) is 2. The maximum Gasteiger partial charge on any atom is 0.329 e. The van der Waals surface area contributed by atoms with E-state index in [9.17, 15) is 43.5 Å². The van der Waals surface area contributed by atoms with Gasteiger partial charge in [0, 0.05) is 38.1 Å². The molecule has 0 aromatic heterocycles. The monoisotopic (exact) mass is 840 g/mol. The molecular weight excluding hydrogens is 771 g/mol. The molecule has 334 valence electrons. The Kier molecular flexibility index (Phi) is 17.6. The molecule has 4 N–H and O–H groups in total. The molecule has 0 spiro atoms. The van der Waals surface area contributed by atoms with E-state index >= 15 is 0 Å². The van der Waals surface area contributed by atoms with E-state index in [-0.39, 0.29) is 43.9 Å². The van der Waals surface area contributed by atoms with Gasteiger partial charge in [-0.2, -0.15) is 0 Å². The second-order valence-corrected chi connectivity index (χ2v) is 18.8. The zero-order chi connectivity index (χ0) is 45.4. The van der Waals surface area contributed by atoms with E-state index < -0.39 is 119 Å². The summed E-state index contributed by atoms with van der Waals surface area (Å²) in [6.07, 6.45) is -2.98. The van der Waals surface area contributed by atoms with E-state index in [1.165, 1.54) is 25.8 Å². The third-order valence-electron chi connectivity index (χ3n) is 11.5. The lowest BCUT2D eigenvalue weighted by atomic mass is 9.79. The number of carbonyl (C=O) groups excluding carboxylic acids is 8. The van der Waals surface area contributed by atoms with Crippen molar-refractivity contribution in [2.45, 2.75) is 157 Å². The highest BCUT2D eigenvalue weighted by molar-refractivity contribution is 5.98. The summed E-state index contributed by atoms with van der Waals surface area (Å²) < 4.78 is 5.92. The van der Waals surface area contributed by atoms with Gasteiger partial charge in [0.05, 0.1) is 18.0 Å². The van der Waals surface area contributed by atoms with Gasteiger partial charge in [0.25, 0.3) is 0 Å². The maximum atomic E-state index is 14.7. The zero-order valence-corrected chi connectivity index (χ0v) is 37.6. The largest absolute Gasteiger partial charge is 0.460 e. The van der Waals surface area contributed by atoms with Crippen LogP contribution in [0, 0.1) is 35.0 Å². The number of ether oxygens (including phenoxy) is 1. The Labute approximate surface area is 355 Å². The number of rotatable bonds is 10. The molecule has 2 aliphatic rings. The molecule has 1 aromatic rings. The molecule has 2 bridgehead atoms. The van der Waals surface area contributed by atoms with Crippen molar-refractivity contribution in [3.63, 3.8) is 0 Å². The van der Waals surface area contributed by atoms with Gasteiger partial charge in [-0.3, -0.25) is 33.6 Å². The maximum absolute atomic E-state index is 14.7. The molecule has 2 saturated heterocycles. The van der Waals surface area contributed by atoms with E-state index in [1.807, 2.05) is 19.9 Å². The molecular formula is C45H69N5O10. The molecule has 1 aromatic carbocycles. The van der Waals surface area contributed by atoms with Gasteiger partial charge < -0.3 is 35.6 Å². The number of aliphatic hydroxyl groups excluding tert-OH is 1. The van der Waals surface area contributed by atoms with Crippen molar-refractivity contribution in [3.05, 3.63) is 35.9 Å². The summed E-state index contributed by atoms with van der Waals surface area (Å²) in [6, 6.07) is 3.18. The van der Waals surface area contributed by atoms with Crippen LogP contribution in [0.2, 0.25) is 0 Å². The van der Waals surface area contributed by atoms with E-state index in [4.69, 9.17) is 4.74 Å². The molecule has 2 fully saturated rings. The molecule has 0 radical (unpaired) electrons. The Bertz CT molecular complexity index is 1720. The summed E-state index contributed by atoms with van der Waals surface area (Å²) in [5.41, 5.74) is -0.179. The smallest absolute Gasteiger partial charge is 0.329 e. The summed E-state index contributed by atoms with van der Waals surface area (Å²) in [6.45, 7) is 18.6. The Morgan fingerprint density at radius 2 is 1.50 bits per heavy atom. The van der Waals surface area contributed by atoms with E-state index in [1.54, 1.807) is 72.7 Å². The van der Waals surface area contributed by atoms with Crippen molar-refractivity contribution in [3.8, 4) is 0 Å². The Balaban J connectivity index is 2.22. The third-order valence-corrected chi connectivity index (χ3v) is 11.5. The van der Waals surface area contributed by atoms with Gasteiger partial charge >= 0.3 is 5.97 Å². The number of benzene rings is 1. The normalized spacial score (nSPS) is 27.5. The van der Waals surface area contributed by atoms with Crippen LogP contribution in [0.4, 0.5) is 0 Å². The summed E-state index contributed by atoms with van der Waals surface area (Å²) in [4.78, 5) is 115. The summed E-state index contributed by atoms with van der Waals surface area (Å²) in [5.74, 6) is -8.25. The average Bonchev–Trinajstić information content (AvgIpc) is 3.15. The minimum atomic E-state index is -1.34. The van der Waals surface area contributed by atoms with Crippen LogP contribution in [-0.4, -0.2) is 112 Å². The highest BCUT2D eigenvalue weighted by Crippen LogP contribution is 2.32. The van der Waals surface area contributed by atoms with Crippen molar-refractivity contribution in [1.82, 2.24) is 25.8 Å². The van der Waals surface area contributed by atoms with Gasteiger partial charge in [-0.15, -0.1) is 0 Å². The SMILES string of the molecule is CC(C)C[C@H]1C(=O)N(C)[C@@H](Cc2ccccc2)C(=O)N[C@@H](C(C)C)C(=O)O[C@H](C)[C@H](CC(=O)[C@H](C)NC(=O)C(C)C)C(=O)N[C@@H](C(C)(C)C)C(=O)C[C@H]2CC[C@@H](O)N1C2=O. The Hall–Kier alpha value is -4.66. The molecule has 2 heterocycles. The van der Waals surface area contributed by atoms with Crippen LogP contribution in [0.15, 0.2) is 30.3 Å². The molecule has 9 atom stereocenters. The highest BCUT2D eigenvalue weighted by atomic mass is 16.5. The quantitative estimate of drug-likeness (QED) is 0.253. The number of fused-ring (bicyclic) bond motifs is 2. The van der Waals surface area contributed by atoms with Crippen molar-refractivity contribution < 1.29 is 48.2 Å². The fourth-order valence-electron chi connectivity index (χ4n) is 7.73. The highest BCUT2D eigenvalue weighted by Gasteiger charge is 2.46. The first kappa shape index (κ1) is 49.7. The predicted molar refractivity (Wildman–Crippen MR) is 224 cm³/mol. The molecule has 5 amide bonds. The summed E-state index contributed by atoms with van der Waals surface area (Å²) >= 11 is 0. The number of aliphatic hydroxyl groups is 1. The molecule has 0 unspecified atom stereocenters. The number of likely N-dealkylation sites (N-methyl/N-ethyl adjacent to an activating group) is 1. The van der Waals surface area contributed by atoms with Crippen LogP contribution in [-0.2, 0) is 49.5 Å². The first-order chi connectivity index (χ1) is 27.8. The van der Waals surface area contributed by atoms with Crippen molar-refractivity contribution in [2.24, 2.45) is 35.0 Å². The van der Waals surface area contributed by atoms with Crippen LogP contribution in [0.25, 0.3) is 0 Å². The van der Waals surface area contributed by atoms with E-state index in [2.05, 4.69) is 16.0 Å². The van der Waals surface area contributed by atoms with Gasteiger partial charge in [-0.1, -0.05) is 92.6 Å². The Morgan fingerprint density at radius 3 is 2.05 bits per heavy atom. The van der Waals surface area contributed by atoms with Gasteiger partial charge in [-0.25, -0.2) is 4.79 Å². The van der Waals surface area contributed by atoms with E-state index in [0.29, 0.717) is 5.56 Å². The first-order valence-corrected chi connectivity index (χ1v) is 21.3. The second-order valence-electron chi connectivity index (χ2n) is 18.8. The lowest BCUT2D eigenvalue weighted by Crippen LogP contribution is -2.61. The van der Waals surface area contributed by atoms with E-state index in [0.717, 1.165) is 4.90 Å². The number of piperidine rings is 1. The van der Waals surface area contributed by atoms with Crippen LogP contribution in [0.5, 0.6) is 0 Å². The topological polar surface area (TPSA) is 209 Å². The number of cyclic esters (lactones) is 1. The number of carbonyl (C=O) groups is 8. The number of hydrogen-bond acceptors (Lipinski definition) is 10. The fraction of sp³-hybridized carbons (Fsp3) is 0.689. The number of ketones is 2. The summed E-state index contributed by atoms with van der Waals surface area (Å²) in [5, 5.41) is 19.6. The molecule has 3 rings (SSSR count). The standard InChI is InChI=1S/C45H69N5O10/c1-24(2)20-33-43(58)49(12)32(21-29-16-14-13-15-17-29)41(56)47-37(25(3)4)44(59)60-28(8)31(23-34(51)27(7)46-39(54)26(5)6)40(55)48-38(45(9,10)11)35(52)22-30-18-19-36(53)50(33)42(30)57/h13-17,24-28,30-33,36-38,53H,18-23H2,1-12H3,(H,46,54)(H,47,56)(H,48,55)/t27-,28+,30+,31-,32-,33-,36+,37-,38+/m0/s1. The van der Waals surface area contributed by atoms with Gasteiger partial charge in [-0.05, 0) is 55.9 Å². The minimum Gasteiger partial charge on any atom is -0.460 e. The zero-order valence-electron chi connectivity index (χ0n) is 37.6. The van der Waals surface area contributed by atoms with Crippen LogP contribution in [0.1, 0.15) is 114 Å². The molecule has 0 aliphatic carbocycles. The van der Waals surface area contributed by atoms with Crippen LogP contribution >= 0.6 is 0 Å². The minimum absolute atomic E-state index is 0.0390. The van der Waals surface area contributed by atoms with Crippen molar-refractivity contribution >= 4 is 47.1 Å². The van der Waals surface area contributed by atoms with Gasteiger partial charge in [0.1, 0.15) is 30.5 Å². The first-order valence-electron chi connectivity index (χ1n) is 21.3. The molecule has 0 saturated carbocycles. The lowest BCUT2D eigenvalue weighted by molar-refractivity contribution is -0.168. The molecule has 15 heteroatoms. The van der Waals surface area contributed by atoms with Gasteiger partial charge in [0.2, 0.25) is 29.5 Å². The number of amides is 5. The second kappa shape index (κ2) is 21.2.